The van der Waals surface area contributed by atoms with Crippen LogP contribution in [-0.2, 0) is 0 Å². The average Bonchev–Trinajstić information content (AvgIpc) is 2.78. The van der Waals surface area contributed by atoms with Crippen molar-refractivity contribution in [1.29, 1.82) is 0 Å². The molecule has 0 saturated carbocycles. The van der Waals surface area contributed by atoms with E-state index in [1.165, 1.54) is 11.3 Å². The topological polar surface area (TPSA) is 48.1 Å². The van der Waals surface area contributed by atoms with E-state index in [-0.39, 0.29) is 0 Å². The third-order valence-corrected chi connectivity index (χ3v) is 3.19. The van der Waals surface area contributed by atoms with Gasteiger partial charge in [0.2, 0.25) is 0 Å². The van der Waals surface area contributed by atoms with E-state index >= 15 is 0 Å². The summed E-state index contributed by atoms with van der Waals surface area (Å²) < 4.78 is 5.09. The highest BCUT2D eigenvalue weighted by atomic mass is 32.1. The van der Waals surface area contributed by atoms with Gasteiger partial charge in [-0.2, -0.15) is 0 Å². The quantitative estimate of drug-likeness (QED) is 0.850. The number of nitrogens with two attached hydrogens (primary N) is 1. The molecule has 2 N–H and O–H groups in total. The molecule has 0 unspecified atom stereocenters. The third-order valence-electron chi connectivity index (χ3n) is 2.09. The lowest BCUT2D eigenvalue weighted by atomic mass is 10.2. The monoisotopic (exact) mass is 250 g/mol. The maximum atomic E-state index is 5.51. The molecule has 1 heterocycles. The summed E-state index contributed by atoms with van der Waals surface area (Å²) in [6, 6.07) is 7.72. The summed E-state index contributed by atoms with van der Waals surface area (Å²) in [6.07, 6.45) is 0. The van der Waals surface area contributed by atoms with Crippen LogP contribution in [0.3, 0.4) is 0 Å². The third kappa shape index (κ3) is 2.20. The van der Waals surface area contributed by atoms with Crippen molar-refractivity contribution in [3.63, 3.8) is 0 Å². The zero-order valence-corrected chi connectivity index (χ0v) is 10.3. The number of aromatic nitrogens is 1. The van der Waals surface area contributed by atoms with Crippen molar-refractivity contribution in [3.8, 4) is 16.3 Å². The van der Waals surface area contributed by atoms with Crippen LogP contribution >= 0.6 is 23.6 Å². The largest absolute Gasteiger partial charge is 0.497 e. The Morgan fingerprint density at radius 2 is 2.06 bits per heavy atom. The van der Waals surface area contributed by atoms with Gasteiger partial charge in [-0.05, 0) is 24.3 Å². The summed E-state index contributed by atoms with van der Waals surface area (Å²) in [5, 5.41) is 2.77. The van der Waals surface area contributed by atoms with Crippen LogP contribution in [0.2, 0.25) is 0 Å². The average molecular weight is 250 g/mol. The summed E-state index contributed by atoms with van der Waals surface area (Å²) in [5.74, 6) is 0.829. The Morgan fingerprint density at radius 1 is 1.38 bits per heavy atom. The van der Waals surface area contributed by atoms with Crippen LogP contribution < -0.4 is 10.5 Å². The number of ether oxygens (including phenoxy) is 1. The molecule has 0 amide bonds. The van der Waals surface area contributed by atoms with E-state index in [0.29, 0.717) is 10.7 Å². The molecule has 5 heteroatoms. The summed E-state index contributed by atoms with van der Waals surface area (Å²) in [7, 11) is 1.64. The van der Waals surface area contributed by atoms with E-state index in [1.54, 1.807) is 7.11 Å². The van der Waals surface area contributed by atoms with E-state index in [4.69, 9.17) is 22.7 Å². The van der Waals surface area contributed by atoms with E-state index in [1.807, 2.05) is 29.6 Å². The van der Waals surface area contributed by atoms with Crippen molar-refractivity contribution < 1.29 is 4.74 Å². The van der Waals surface area contributed by atoms with Crippen molar-refractivity contribution in [1.82, 2.24) is 4.98 Å². The molecule has 1 aromatic carbocycles. The Kier molecular flexibility index (Phi) is 3.17. The molecule has 0 saturated heterocycles. The molecule has 0 bridgehead atoms. The van der Waals surface area contributed by atoms with E-state index in [0.717, 1.165) is 16.3 Å². The van der Waals surface area contributed by atoms with E-state index < -0.39 is 0 Å². The zero-order chi connectivity index (χ0) is 11.5. The summed E-state index contributed by atoms with van der Waals surface area (Å²) in [5.41, 5.74) is 7.21. The van der Waals surface area contributed by atoms with Gasteiger partial charge in [0, 0.05) is 10.9 Å². The van der Waals surface area contributed by atoms with Gasteiger partial charge in [-0.15, -0.1) is 11.3 Å². The van der Waals surface area contributed by atoms with Crippen LogP contribution in [0.4, 0.5) is 0 Å². The normalized spacial score (nSPS) is 10.1. The van der Waals surface area contributed by atoms with Crippen molar-refractivity contribution in [2.24, 2.45) is 5.73 Å². The second kappa shape index (κ2) is 4.59. The molecule has 0 radical (unpaired) electrons. The highest BCUT2D eigenvalue weighted by molar-refractivity contribution is 7.80. The Morgan fingerprint density at radius 3 is 2.56 bits per heavy atom. The number of hydrogen-bond acceptors (Lipinski definition) is 4. The van der Waals surface area contributed by atoms with Crippen molar-refractivity contribution in [2.45, 2.75) is 0 Å². The van der Waals surface area contributed by atoms with Crippen LogP contribution in [-0.4, -0.2) is 17.1 Å². The van der Waals surface area contributed by atoms with Gasteiger partial charge in [0.1, 0.15) is 21.4 Å². The molecule has 0 atom stereocenters. The molecule has 2 rings (SSSR count). The number of nitrogens with zero attached hydrogens (tertiary/aromatic N) is 1. The predicted molar refractivity (Wildman–Crippen MR) is 70.0 cm³/mol. The second-order valence-corrected chi connectivity index (χ2v) is 4.43. The first kappa shape index (κ1) is 11.0. The lowest BCUT2D eigenvalue weighted by molar-refractivity contribution is 0.415. The zero-order valence-electron chi connectivity index (χ0n) is 8.64. The highest BCUT2D eigenvalue weighted by Gasteiger charge is 2.06. The lowest BCUT2D eigenvalue weighted by Gasteiger charge is -2.00. The maximum Gasteiger partial charge on any atom is 0.124 e. The van der Waals surface area contributed by atoms with Crippen molar-refractivity contribution in [3.05, 3.63) is 35.3 Å². The van der Waals surface area contributed by atoms with Crippen molar-refractivity contribution >= 4 is 28.5 Å². The highest BCUT2D eigenvalue weighted by Crippen LogP contribution is 2.25. The molecule has 0 aliphatic rings. The standard InChI is InChI=1S/C11H10N2OS2/c1-14-8-4-2-7(3-5-8)11-13-9(6-16-11)10(12)15/h2-6H,1H3,(H2,12,15). The fourth-order valence-electron chi connectivity index (χ4n) is 1.25. The first-order valence-electron chi connectivity index (χ1n) is 4.60. The minimum atomic E-state index is 0.330. The van der Waals surface area contributed by atoms with Gasteiger partial charge in [-0.1, -0.05) is 12.2 Å². The molecule has 0 aliphatic carbocycles. The number of methoxy groups -OCH3 is 1. The van der Waals surface area contributed by atoms with Crippen LogP contribution in [0.15, 0.2) is 29.6 Å². The molecule has 0 fully saturated rings. The van der Waals surface area contributed by atoms with Crippen LogP contribution in [0.25, 0.3) is 10.6 Å². The van der Waals surface area contributed by atoms with Gasteiger partial charge in [0.25, 0.3) is 0 Å². The summed E-state index contributed by atoms with van der Waals surface area (Å²) in [4.78, 5) is 4.68. The number of rotatable bonds is 3. The SMILES string of the molecule is COc1ccc(-c2nc(C(N)=S)cs2)cc1. The van der Waals surface area contributed by atoms with E-state index in [2.05, 4.69) is 4.98 Å². The van der Waals surface area contributed by atoms with Gasteiger partial charge >= 0.3 is 0 Å². The summed E-state index contributed by atoms with van der Waals surface area (Å²) in [6.45, 7) is 0. The second-order valence-electron chi connectivity index (χ2n) is 3.13. The van der Waals surface area contributed by atoms with Gasteiger partial charge in [0.15, 0.2) is 0 Å². The number of thiocarbonyl (C=S) groups is 1. The minimum absolute atomic E-state index is 0.330. The molecule has 2 aromatic rings. The van der Waals surface area contributed by atoms with Gasteiger partial charge in [-0.25, -0.2) is 4.98 Å². The van der Waals surface area contributed by atoms with Crippen LogP contribution in [0.1, 0.15) is 5.69 Å². The predicted octanol–water partition coefficient (Wildman–Crippen LogP) is 2.45. The molecule has 0 spiro atoms. The van der Waals surface area contributed by atoms with Crippen LogP contribution in [0.5, 0.6) is 5.75 Å². The molecular formula is C11H10N2OS2. The Bertz CT molecular complexity index is 505. The number of hydrogen-bond donors (Lipinski definition) is 1. The summed E-state index contributed by atoms with van der Waals surface area (Å²) >= 11 is 6.39. The van der Waals surface area contributed by atoms with E-state index in [9.17, 15) is 0 Å². The minimum Gasteiger partial charge on any atom is -0.497 e. The van der Waals surface area contributed by atoms with Gasteiger partial charge in [0.05, 0.1) is 7.11 Å². The Hall–Kier alpha value is -1.46. The first-order chi connectivity index (χ1) is 7.70. The van der Waals surface area contributed by atoms with Crippen molar-refractivity contribution in [2.75, 3.05) is 7.11 Å². The smallest absolute Gasteiger partial charge is 0.124 e. The molecular weight excluding hydrogens is 240 g/mol. The van der Waals surface area contributed by atoms with Gasteiger partial charge < -0.3 is 10.5 Å². The maximum absolute atomic E-state index is 5.51. The number of benzene rings is 1. The van der Waals surface area contributed by atoms with Gasteiger partial charge in [-0.3, -0.25) is 0 Å². The molecule has 3 nitrogen and oxygen atoms in total. The molecule has 16 heavy (non-hydrogen) atoms. The molecule has 82 valence electrons. The first-order valence-corrected chi connectivity index (χ1v) is 5.89. The fraction of sp³-hybridized carbons (Fsp3) is 0.0909. The lowest BCUT2D eigenvalue weighted by Crippen LogP contribution is -2.09. The number of thiazole rings is 1. The molecule has 1 aromatic heterocycles. The Balaban J connectivity index is 2.31. The molecule has 0 aliphatic heterocycles. The Labute approximate surface area is 103 Å². The van der Waals surface area contributed by atoms with Crippen LogP contribution in [0, 0.1) is 0 Å². The fourth-order valence-corrected chi connectivity index (χ4v) is 2.26.